The number of hydrogen-bond acceptors (Lipinski definition) is 3. The fraction of sp³-hybridized carbons (Fsp3) is 0.667. The highest BCUT2D eigenvalue weighted by atomic mass is 15.2. The van der Waals surface area contributed by atoms with E-state index in [0.717, 1.165) is 30.3 Å². The Morgan fingerprint density at radius 2 is 2.17 bits per heavy atom. The van der Waals surface area contributed by atoms with Crippen LogP contribution in [0.4, 0.5) is 0 Å². The maximum absolute atomic E-state index is 6.26. The predicted octanol–water partition coefficient (Wildman–Crippen LogP) is 2.34. The van der Waals surface area contributed by atoms with Crippen LogP contribution in [0.1, 0.15) is 37.6 Å². The zero-order valence-corrected chi connectivity index (χ0v) is 11.8. The van der Waals surface area contributed by atoms with Crippen LogP contribution in [0, 0.1) is 12.8 Å². The van der Waals surface area contributed by atoms with Gasteiger partial charge in [-0.2, -0.15) is 0 Å². The Hall–Kier alpha value is -0.930. The summed E-state index contributed by atoms with van der Waals surface area (Å²) >= 11 is 0. The van der Waals surface area contributed by atoms with E-state index in [0.29, 0.717) is 12.1 Å². The fourth-order valence-electron chi connectivity index (χ4n) is 2.94. The number of likely N-dealkylation sites (N-methyl/N-ethyl adjacent to an activating group) is 1. The summed E-state index contributed by atoms with van der Waals surface area (Å²) in [4.78, 5) is 6.95. The van der Waals surface area contributed by atoms with Crippen molar-refractivity contribution in [3.05, 3.63) is 29.6 Å². The molecule has 0 aliphatic heterocycles. The summed E-state index contributed by atoms with van der Waals surface area (Å²) in [6, 6.07) is 7.03. The van der Waals surface area contributed by atoms with Crippen molar-refractivity contribution >= 4 is 0 Å². The number of nitrogens with zero attached hydrogens (tertiary/aromatic N) is 2. The Morgan fingerprint density at radius 1 is 1.39 bits per heavy atom. The molecule has 3 nitrogen and oxygen atoms in total. The normalized spacial score (nSPS) is 28.6. The lowest BCUT2D eigenvalue weighted by molar-refractivity contribution is 0.135. The van der Waals surface area contributed by atoms with E-state index in [1.54, 1.807) is 0 Å². The molecule has 3 heteroatoms. The number of pyridine rings is 1. The molecule has 0 spiro atoms. The molecule has 3 atom stereocenters. The van der Waals surface area contributed by atoms with Gasteiger partial charge in [0.1, 0.15) is 0 Å². The van der Waals surface area contributed by atoms with E-state index in [1.807, 2.05) is 13.0 Å². The molecular weight excluding hydrogens is 222 g/mol. The average Bonchev–Trinajstić information content (AvgIpc) is 2.32. The first-order valence-corrected chi connectivity index (χ1v) is 6.94. The number of rotatable bonds is 3. The lowest BCUT2D eigenvalue weighted by Gasteiger charge is -2.38. The van der Waals surface area contributed by atoms with Crippen LogP contribution in [0.2, 0.25) is 0 Å². The van der Waals surface area contributed by atoms with Gasteiger partial charge in [-0.25, -0.2) is 0 Å². The van der Waals surface area contributed by atoms with Gasteiger partial charge in [0.05, 0.1) is 5.69 Å². The number of aryl methyl sites for hydroxylation is 1. The van der Waals surface area contributed by atoms with Gasteiger partial charge in [-0.3, -0.25) is 9.88 Å². The second kappa shape index (κ2) is 5.81. The molecule has 3 unspecified atom stereocenters. The monoisotopic (exact) mass is 247 g/mol. The molecule has 0 amide bonds. The molecule has 0 bridgehead atoms. The summed E-state index contributed by atoms with van der Waals surface area (Å²) in [5.41, 5.74) is 8.49. The van der Waals surface area contributed by atoms with Crippen molar-refractivity contribution in [3.63, 3.8) is 0 Å². The lowest BCUT2D eigenvalue weighted by atomic mass is 9.83. The molecule has 0 aromatic carbocycles. The van der Waals surface area contributed by atoms with Gasteiger partial charge in [-0.15, -0.1) is 0 Å². The maximum atomic E-state index is 6.26. The fourth-order valence-corrected chi connectivity index (χ4v) is 2.94. The van der Waals surface area contributed by atoms with E-state index in [1.165, 1.54) is 12.8 Å². The van der Waals surface area contributed by atoms with Crippen LogP contribution < -0.4 is 5.73 Å². The van der Waals surface area contributed by atoms with Crippen molar-refractivity contribution in [2.24, 2.45) is 11.7 Å². The molecule has 18 heavy (non-hydrogen) atoms. The van der Waals surface area contributed by atoms with E-state index in [-0.39, 0.29) is 0 Å². The summed E-state index contributed by atoms with van der Waals surface area (Å²) in [6.45, 7) is 5.27. The summed E-state index contributed by atoms with van der Waals surface area (Å²) in [7, 11) is 2.17. The van der Waals surface area contributed by atoms with Gasteiger partial charge >= 0.3 is 0 Å². The second-order valence-corrected chi connectivity index (χ2v) is 5.83. The van der Waals surface area contributed by atoms with Gasteiger partial charge in [-0.05, 0) is 51.3 Å². The SMILES string of the molecule is Cc1cccc(CN(C)C2CC(C)CCC2N)n1. The van der Waals surface area contributed by atoms with Crippen molar-refractivity contribution in [2.75, 3.05) is 7.05 Å². The predicted molar refractivity (Wildman–Crippen MR) is 75.2 cm³/mol. The molecule has 1 aliphatic rings. The van der Waals surface area contributed by atoms with Crippen LogP contribution in [-0.2, 0) is 6.54 Å². The largest absolute Gasteiger partial charge is 0.326 e. The Morgan fingerprint density at radius 3 is 2.89 bits per heavy atom. The van der Waals surface area contributed by atoms with Crippen LogP contribution in [0.5, 0.6) is 0 Å². The number of hydrogen-bond donors (Lipinski definition) is 1. The van der Waals surface area contributed by atoms with Crippen LogP contribution in [0.15, 0.2) is 18.2 Å². The van der Waals surface area contributed by atoms with Crippen molar-refractivity contribution in [2.45, 2.75) is 51.7 Å². The highest BCUT2D eigenvalue weighted by molar-refractivity contribution is 5.10. The molecule has 1 heterocycles. The van der Waals surface area contributed by atoms with Crippen molar-refractivity contribution < 1.29 is 0 Å². The molecule has 1 aromatic heterocycles. The maximum Gasteiger partial charge on any atom is 0.0547 e. The molecule has 1 fully saturated rings. The Kier molecular flexibility index (Phi) is 4.36. The molecule has 1 aliphatic carbocycles. The van der Waals surface area contributed by atoms with Crippen LogP contribution in [0.25, 0.3) is 0 Å². The minimum atomic E-state index is 0.316. The lowest BCUT2D eigenvalue weighted by Crippen LogP contribution is -2.49. The molecule has 2 N–H and O–H groups in total. The van der Waals surface area contributed by atoms with Gasteiger partial charge in [0, 0.05) is 24.3 Å². The Labute approximate surface area is 110 Å². The topological polar surface area (TPSA) is 42.1 Å². The van der Waals surface area contributed by atoms with E-state index >= 15 is 0 Å². The minimum absolute atomic E-state index is 0.316. The Bertz CT molecular complexity index is 391. The van der Waals surface area contributed by atoms with E-state index in [2.05, 4.69) is 36.0 Å². The first kappa shape index (κ1) is 13.5. The van der Waals surface area contributed by atoms with Gasteiger partial charge in [0.2, 0.25) is 0 Å². The Balaban J connectivity index is 2.00. The van der Waals surface area contributed by atoms with E-state index in [9.17, 15) is 0 Å². The van der Waals surface area contributed by atoms with Crippen LogP contribution >= 0.6 is 0 Å². The third kappa shape index (κ3) is 3.30. The van der Waals surface area contributed by atoms with E-state index in [4.69, 9.17) is 5.73 Å². The zero-order valence-electron chi connectivity index (χ0n) is 11.8. The quantitative estimate of drug-likeness (QED) is 0.891. The first-order valence-electron chi connectivity index (χ1n) is 6.94. The van der Waals surface area contributed by atoms with Crippen LogP contribution in [0.3, 0.4) is 0 Å². The summed E-state index contributed by atoms with van der Waals surface area (Å²) < 4.78 is 0. The molecule has 0 radical (unpaired) electrons. The number of nitrogens with two attached hydrogens (primary N) is 1. The third-order valence-electron chi connectivity index (χ3n) is 4.05. The molecule has 2 rings (SSSR count). The smallest absolute Gasteiger partial charge is 0.0547 e. The van der Waals surface area contributed by atoms with E-state index < -0.39 is 0 Å². The summed E-state index contributed by atoms with van der Waals surface area (Å²) in [5, 5.41) is 0. The standard InChI is InChI=1S/C15H25N3/c1-11-7-8-14(16)15(9-11)18(3)10-13-6-4-5-12(2)17-13/h4-6,11,14-15H,7-10,16H2,1-3H3. The second-order valence-electron chi connectivity index (χ2n) is 5.83. The summed E-state index contributed by atoms with van der Waals surface area (Å²) in [6.07, 6.45) is 3.63. The van der Waals surface area contributed by atoms with Crippen LogP contribution in [-0.4, -0.2) is 29.0 Å². The number of aromatic nitrogens is 1. The van der Waals surface area contributed by atoms with Crippen molar-refractivity contribution in [1.29, 1.82) is 0 Å². The molecule has 1 saturated carbocycles. The highest BCUT2D eigenvalue weighted by Gasteiger charge is 2.28. The van der Waals surface area contributed by atoms with Gasteiger partial charge in [0.25, 0.3) is 0 Å². The van der Waals surface area contributed by atoms with Gasteiger partial charge < -0.3 is 5.73 Å². The van der Waals surface area contributed by atoms with Crippen molar-refractivity contribution in [1.82, 2.24) is 9.88 Å². The first-order chi connectivity index (χ1) is 8.56. The highest BCUT2D eigenvalue weighted by Crippen LogP contribution is 2.26. The average molecular weight is 247 g/mol. The van der Waals surface area contributed by atoms with Crippen molar-refractivity contribution in [3.8, 4) is 0 Å². The molecular formula is C15H25N3. The molecule has 100 valence electrons. The third-order valence-corrected chi connectivity index (χ3v) is 4.05. The van der Waals surface area contributed by atoms with Gasteiger partial charge in [-0.1, -0.05) is 13.0 Å². The molecule has 0 saturated heterocycles. The zero-order chi connectivity index (χ0) is 13.1. The van der Waals surface area contributed by atoms with Gasteiger partial charge in [0.15, 0.2) is 0 Å². The minimum Gasteiger partial charge on any atom is -0.326 e. The summed E-state index contributed by atoms with van der Waals surface area (Å²) in [5.74, 6) is 0.794. The molecule has 1 aromatic rings.